The molecule has 3 N–H and O–H groups in total. The zero-order valence-electron chi connectivity index (χ0n) is 11.1. The first-order valence-corrected chi connectivity index (χ1v) is 6.58. The van der Waals surface area contributed by atoms with Crippen LogP contribution in [-0.2, 0) is 11.2 Å². The Kier molecular flexibility index (Phi) is 4.47. The van der Waals surface area contributed by atoms with Crippen molar-refractivity contribution in [2.24, 2.45) is 5.73 Å². The second-order valence-electron chi connectivity index (χ2n) is 4.55. The normalized spacial score (nSPS) is 12.3. The second-order valence-corrected chi connectivity index (χ2v) is 4.55. The predicted molar refractivity (Wildman–Crippen MR) is 76.7 cm³/mol. The van der Waals surface area contributed by atoms with Gasteiger partial charge in [0.2, 0.25) is 5.91 Å². The SMILES string of the molecule is CC[C@@H](N)C(=O)NCCc1cccc2cccnc12. The van der Waals surface area contributed by atoms with Crippen molar-refractivity contribution in [2.45, 2.75) is 25.8 Å². The highest BCUT2D eigenvalue weighted by atomic mass is 16.2. The molecule has 1 aromatic heterocycles. The molecule has 0 unspecified atom stereocenters. The number of carbonyl (C=O) groups excluding carboxylic acids is 1. The number of hydrogen-bond acceptors (Lipinski definition) is 3. The average molecular weight is 257 g/mol. The summed E-state index contributed by atoms with van der Waals surface area (Å²) in [6.45, 7) is 2.49. The van der Waals surface area contributed by atoms with E-state index < -0.39 is 6.04 Å². The number of aromatic nitrogens is 1. The fourth-order valence-electron chi connectivity index (χ4n) is 2.01. The van der Waals surface area contributed by atoms with Gasteiger partial charge in [-0.2, -0.15) is 0 Å². The third-order valence-electron chi connectivity index (χ3n) is 3.19. The van der Waals surface area contributed by atoms with Crippen molar-refractivity contribution in [2.75, 3.05) is 6.54 Å². The van der Waals surface area contributed by atoms with E-state index in [1.165, 1.54) is 0 Å². The van der Waals surface area contributed by atoms with Gasteiger partial charge >= 0.3 is 0 Å². The molecule has 19 heavy (non-hydrogen) atoms. The number of nitrogens with two attached hydrogens (primary N) is 1. The second kappa shape index (κ2) is 6.29. The minimum Gasteiger partial charge on any atom is -0.354 e. The number of rotatable bonds is 5. The number of fused-ring (bicyclic) bond motifs is 1. The van der Waals surface area contributed by atoms with Crippen LogP contribution >= 0.6 is 0 Å². The number of pyridine rings is 1. The summed E-state index contributed by atoms with van der Waals surface area (Å²) in [6, 6.07) is 9.65. The summed E-state index contributed by atoms with van der Waals surface area (Å²) in [5.41, 5.74) is 7.80. The van der Waals surface area contributed by atoms with Gasteiger partial charge in [0.1, 0.15) is 0 Å². The summed E-state index contributed by atoms with van der Waals surface area (Å²) in [7, 11) is 0. The van der Waals surface area contributed by atoms with Crippen LogP contribution in [0, 0.1) is 0 Å². The van der Waals surface area contributed by atoms with Gasteiger partial charge in [-0.25, -0.2) is 0 Å². The summed E-state index contributed by atoms with van der Waals surface area (Å²) in [4.78, 5) is 16.0. The molecular formula is C15H19N3O. The number of benzene rings is 1. The highest BCUT2D eigenvalue weighted by Crippen LogP contribution is 2.15. The molecule has 0 radical (unpaired) electrons. The van der Waals surface area contributed by atoms with Crippen LogP contribution in [0.15, 0.2) is 36.5 Å². The van der Waals surface area contributed by atoms with Crippen LogP contribution in [0.1, 0.15) is 18.9 Å². The van der Waals surface area contributed by atoms with E-state index in [4.69, 9.17) is 5.73 Å². The molecule has 0 fully saturated rings. The van der Waals surface area contributed by atoms with Gasteiger partial charge in [-0.3, -0.25) is 9.78 Å². The standard InChI is InChI=1S/C15H19N3O/c1-2-13(16)15(19)18-10-8-12-6-3-5-11-7-4-9-17-14(11)12/h3-7,9,13H,2,8,10,16H2,1H3,(H,18,19)/t13-/m1/s1. The minimum atomic E-state index is -0.411. The highest BCUT2D eigenvalue weighted by Gasteiger charge is 2.10. The van der Waals surface area contributed by atoms with E-state index in [1.54, 1.807) is 6.20 Å². The fraction of sp³-hybridized carbons (Fsp3) is 0.333. The first kappa shape index (κ1) is 13.5. The lowest BCUT2D eigenvalue weighted by molar-refractivity contribution is -0.122. The van der Waals surface area contributed by atoms with Crippen LogP contribution in [0.25, 0.3) is 10.9 Å². The monoisotopic (exact) mass is 257 g/mol. The molecule has 0 spiro atoms. The summed E-state index contributed by atoms with van der Waals surface area (Å²) in [5.74, 6) is -0.0873. The molecule has 0 bridgehead atoms. The van der Waals surface area contributed by atoms with E-state index in [2.05, 4.69) is 10.3 Å². The molecule has 4 heteroatoms. The van der Waals surface area contributed by atoms with Gasteiger partial charge in [0, 0.05) is 18.1 Å². The van der Waals surface area contributed by atoms with Gasteiger partial charge in [0.25, 0.3) is 0 Å². The number of carbonyl (C=O) groups is 1. The van der Waals surface area contributed by atoms with Crippen molar-refractivity contribution >= 4 is 16.8 Å². The van der Waals surface area contributed by atoms with Crippen LogP contribution in [-0.4, -0.2) is 23.5 Å². The molecule has 1 heterocycles. The van der Waals surface area contributed by atoms with Crippen molar-refractivity contribution < 1.29 is 4.79 Å². The van der Waals surface area contributed by atoms with E-state index in [0.29, 0.717) is 13.0 Å². The zero-order chi connectivity index (χ0) is 13.7. The molecule has 0 aliphatic rings. The topological polar surface area (TPSA) is 68.0 Å². The van der Waals surface area contributed by atoms with E-state index in [1.807, 2.05) is 37.3 Å². The Morgan fingerprint density at radius 2 is 2.16 bits per heavy atom. The molecule has 0 saturated carbocycles. The largest absolute Gasteiger partial charge is 0.354 e. The third-order valence-corrected chi connectivity index (χ3v) is 3.19. The predicted octanol–water partition coefficient (Wildman–Crippen LogP) is 1.63. The van der Waals surface area contributed by atoms with Gasteiger partial charge in [0.15, 0.2) is 0 Å². The molecule has 100 valence electrons. The quantitative estimate of drug-likeness (QED) is 0.855. The molecular weight excluding hydrogens is 238 g/mol. The summed E-state index contributed by atoms with van der Waals surface area (Å²) < 4.78 is 0. The van der Waals surface area contributed by atoms with Crippen LogP contribution in [0.2, 0.25) is 0 Å². The number of nitrogens with zero attached hydrogens (tertiary/aromatic N) is 1. The Hall–Kier alpha value is -1.94. The summed E-state index contributed by atoms with van der Waals surface area (Å²) >= 11 is 0. The molecule has 1 amide bonds. The molecule has 0 aliphatic heterocycles. The van der Waals surface area contributed by atoms with Crippen molar-refractivity contribution in [3.63, 3.8) is 0 Å². The Balaban J connectivity index is 2.01. The maximum Gasteiger partial charge on any atom is 0.236 e. The van der Waals surface area contributed by atoms with Crippen molar-refractivity contribution in [1.82, 2.24) is 10.3 Å². The molecule has 0 aliphatic carbocycles. The fourth-order valence-corrected chi connectivity index (χ4v) is 2.01. The minimum absolute atomic E-state index is 0.0873. The van der Waals surface area contributed by atoms with Crippen molar-refractivity contribution in [3.8, 4) is 0 Å². The lowest BCUT2D eigenvalue weighted by atomic mass is 10.1. The first-order chi connectivity index (χ1) is 9.22. The van der Waals surface area contributed by atoms with Crippen LogP contribution < -0.4 is 11.1 Å². The van der Waals surface area contributed by atoms with Gasteiger partial charge in [-0.1, -0.05) is 31.2 Å². The number of amides is 1. The number of nitrogens with one attached hydrogen (secondary N) is 1. The Morgan fingerprint density at radius 3 is 2.95 bits per heavy atom. The maximum atomic E-state index is 11.6. The summed E-state index contributed by atoms with van der Waals surface area (Å²) in [5, 5.41) is 3.98. The van der Waals surface area contributed by atoms with Gasteiger partial charge in [-0.15, -0.1) is 0 Å². The van der Waals surface area contributed by atoms with Crippen LogP contribution in [0.3, 0.4) is 0 Å². The lowest BCUT2D eigenvalue weighted by Crippen LogP contribution is -2.40. The lowest BCUT2D eigenvalue weighted by Gasteiger charge is -2.10. The molecule has 2 aromatic rings. The molecule has 4 nitrogen and oxygen atoms in total. The molecule has 0 saturated heterocycles. The molecule has 1 aromatic carbocycles. The summed E-state index contributed by atoms with van der Waals surface area (Å²) in [6.07, 6.45) is 3.20. The van der Waals surface area contributed by atoms with Crippen LogP contribution in [0.5, 0.6) is 0 Å². The van der Waals surface area contributed by atoms with Crippen LogP contribution in [0.4, 0.5) is 0 Å². The van der Waals surface area contributed by atoms with Gasteiger partial charge in [0.05, 0.1) is 11.6 Å². The molecule has 2 rings (SSSR count). The van der Waals surface area contributed by atoms with Gasteiger partial charge in [-0.05, 0) is 24.5 Å². The maximum absolute atomic E-state index is 11.6. The van der Waals surface area contributed by atoms with Crippen molar-refractivity contribution in [1.29, 1.82) is 0 Å². The van der Waals surface area contributed by atoms with Gasteiger partial charge < -0.3 is 11.1 Å². The smallest absolute Gasteiger partial charge is 0.236 e. The first-order valence-electron chi connectivity index (χ1n) is 6.58. The highest BCUT2D eigenvalue weighted by molar-refractivity contribution is 5.82. The van der Waals surface area contributed by atoms with E-state index in [9.17, 15) is 4.79 Å². The number of para-hydroxylation sites is 1. The Morgan fingerprint density at radius 1 is 1.37 bits per heavy atom. The van der Waals surface area contributed by atoms with E-state index >= 15 is 0 Å². The Bertz CT molecular complexity index is 563. The van der Waals surface area contributed by atoms with E-state index in [0.717, 1.165) is 22.9 Å². The van der Waals surface area contributed by atoms with E-state index in [-0.39, 0.29) is 5.91 Å². The number of hydrogen-bond donors (Lipinski definition) is 2. The Labute approximate surface area is 113 Å². The molecule has 1 atom stereocenters. The zero-order valence-corrected chi connectivity index (χ0v) is 11.1. The average Bonchev–Trinajstić information content (AvgIpc) is 2.46. The van der Waals surface area contributed by atoms with Crippen molar-refractivity contribution in [3.05, 3.63) is 42.1 Å². The third kappa shape index (κ3) is 3.29.